The highest BCUT2D eigenvalue weighted by Gasteiger charge is 2.26. The topological polar surface area (TPSA) is 99.9 Å². The molecule has 1 saturated heterocycles. The number of aryl methyl sites for hydroxylation is 1. The van der Waals surface area contributed by atoms with E-state index in [4.69, 9.17) is 4.42 Å². The number of sulfonamides is 1. The molecular weight excluding hydrogens is 370 g/mol. The van der Waals surface area contributed by atoms with Gasteiger partial charge in [-0.25, -0.2) is 13.2 Å². The van der Waals surface area contributed by atoms with Crippen molar-refractivity contribution < 1.29 is 17.6 Å². The van der Waals surface area contributed by atoms with Crippen LogP contribution >= 0.6 is 0 Å². The Balaban J connectivity index is 1.60. The molecule has 0 radical (unpaired) electrons. The molecule has 0 unspecified atom stereocenters. The predicted octanol–water partition coefficient (Wildman–Crippen LogP) is 1.01. The molecular formula is C18H23N3O5S. The molecule has 1 fully saturated rings. The Labute approximate surface area is 157 Å². The summed E-state index contributed by atoms with van der Waals surface area (Å²) >= 11 is 0. The zero-order valence-electron chi connectivity index (χ0n) is 15.4. The summed E-state index contributed by atoms with van der Waals surface area (Å²) in [5.41, 5.74) is 1.37. The minimum absolute atomic E-state index is 0.0883. The first-order chi connectivity index (χ1) is 12.8. The molecule has 2 heterocycles. The molecule has 0 atom stereocenters. The van der Waals surface area contributed by atoms with Gasteiger partial charge < -0.3 is 9.73 Å². The van der Waals surface area contributed by atoms with Crippen molar-refractivity contribution in [3.05, 3.63) is 40.2 Å². The average molecular weight is 393 g/mol. The summed E-state index contributed by atoms with van der Waals surface area (Å²) in [6.07, 6.45) is 0. The highest BCUT2D eigenvalue weighted by molar-refractivity contribution is 7.89. The third-order valence-electron chi connectivity index (χ3n) is 4.69. The van der Waals surface area contributed by atoms with Gasteiger partial charge in [0.1, 0.15) is 5.58 Å². The number of rotatable bonds is 5. The van der Waals surface area contributed by atoms with E-state index in [0.717, 1.165) is 10.9 Å². The fraction of sp³-hybridized carbons (Fsp3) is 0.444. The Kier molecular flexibility index (Phi) is 5.64. The second kappa shape index (κ2) is 7.79. The van der Waals surface area contributed by atoms with Crippen molar-refractivity contribution in [2.24, 2.45) is 0 Å². The molecule has 0 bridgehead atoms. The van der Waals surface area contributed by atoms with Crippen LogP contribution in [0.5, 0.6) is 0 Å². The SMILES string of the molecule is CCS(=O)(=O)N1CCN(CC(=O)Nc2ccc3c(C)cc(=O)oc3c2)CC1. The van der Waals surface area contributed by atoms with Crippen LogP contribution in [0.4, 0.5) is 5.69 Å². The van der Waals surface area contributed by atoms with Crippen LogP contribution in [-0.4, -0.2) is 62.0 Å². The maximum atomic E-state index is 12.3. The summed E-state index contributed by atoms with van der Waals surface area (Å²) in [6, 6.07) is 6.63. The highest BCUT2D eigenvalue weighted by atomic mass is 32.2. The third-order valence-corrected chi connectivity index (χ3v) is 6.57. The van der Waals surface area contributed by atoms with Crippen molar-refractivity contribution in [3.63, 3.8) is 0 Å². The lowest BCUT2D eigenvalue weighted by molar-refractivity contribution is -0.117. The number of hydrogen-bond donors (Lipinski definition) is 1. The lowest BCUT2D eigenvalue weighted by atomic mass is 10.1. The maximum absolute atomic E-state index is 12.3. The first kappa shape index (κ1) is 19.5. The Morgan fingerprint density at radius 2 is 1.89 bits per heavy atom. The van der Waals surface area contributed by atoms with Gasteiger partial charge in [-0.3, -0.25) is 9.69 Å². The van der Waals surface area contributed by atoms with E-state index >= 15 is 0 Å². The van der Waals surface area contributed by atoms with Crippen LogP contribution in [0, 0.1) is 6.92 Å². The minimum atomic E-state index is -3.18. The molecule has 146 valence electrons. The highest BCUT2D eigenvalue weighted by Crippen LogP contribution is 2.20. The fourth-order valence-electron chi connectivity index (χ4n) is 3.15. The number of nitrogens with zero attached hydrogens (tertiary/aromatic N) is 2. The first-order valence-corrected chi connectivity index (χ1v) is 10.4. The minimum Gasteiger partial charge on any atom is -0.423 e. The number of carbonyl (C=O) groups excluding carboxylic acids is 1. The largest absolute Gasteiger partial charge is 0.423 e. The van der Waals surface area contributed by atoms with E-state index in [-0.39, 0.29) is 18.2 Å². The first-order valence-electron chi connectivity index (χ1n) is 8.83. The van der Waals surface area contributed by atoms with Crippen LogP contribution in [-0.2, 0) is 14.8 Å². The predicted molar refractivity (Wildman–Crippen MR) is 103 cm³/mol. The summed E-state index contributed by atoms with van der Waals surface area (Å²) in [4.78, 5) is 25.7. The summed E-state index contributed by atoms with van der Waals surface area (Å²) < 4.78 is 30.4. The van der Waals surface area contributed by atoms with Crippen molar-refractivity contribution in [1.82, 2.24) is 9.21 Å². The number of anilines is 1. The third kappa shape index (κ3) is 4.55. The Bertz CT molecular complexity index is 1010. The molecule has 1 aliphatic heterocycles. The number of benzene rings is 1. The molecule has 0 spiro atoms. The van der Waals surface area contributed by atoms with Crippen LogP contribution < -0.4 is 10.9 Å². The van der Waals surface area contributed by atoms with Gasteiger partial charge >= 0.3 is 5.63 Å². The number of hydrogen-bond acceptors (Lipinski definition) is 6. The quantitative estimate of drug-likeness (QED) is 0.761. The summed E-state index contributed by atoms with van der Waals surface area (Å²) in [7, 11) is -3.18. The van der Waals surface area contributed by atoms with Crippen molar-refractivity contribution in [2.75, 3.05) is 43.8 Å². The van der Waals surface area contributed by atoms with Crippen molar-refractivity contribution in [2.45, 2.75) is 13.8 Å². The van der Waals surface area contributed by atoms with Gasteiger partial charge in [0.25, 0.3) is 0 Å². The molecule has 27 heavy (non-hydrogen) atoms. The van der Waals surface area contributed by atoms with E-state index in [1.807, 2.05) is 11.8 Å². The zero-order valence-corrected chi connectivity index (χ0v) is 16.2. The van der Waals surface area contributed by atoms with Gasteiger partial charge in [0.05, 0.1) is 12.3 Å². The van der Waals surface area contributed by atoms with E-state index in [2.05, 4.69) is 5.32 Å². The molecule has 2 aromatic rings. The van der Waals surface area contributed by atoms with E-state index in [0.29, 0.717) is 37.4 Å². The maximum Gasteiger partial charge on any atom is 0.336 e. The molecule has 9 heteroatoms. The molecule has 1 aromatic carbocycles. The van der Waals surface area contributed by atoms with Crippen LogP contribution in [0.1, 0.15) is 12.5 Å². The monoisotopic (exact) mass is 393 g/mol. The van der Waals surface area contributed by atoms with Gasteiger partial charge in [0.2, 0.25) is 15.9 Å². The number of amides is 1. The van der Waals surface area contributed by atoms with E-state index in [1.54, 1.807) is 25.1 Å². The number of nitrogens with one attached hydrogen (secondary N) is 1. The van der Waals surface area contributed by atoms with Gasteiger partial charge in [0.15, 0.2) is 0 Å². The van der Waals surface area contributed by atoms with Crippen LogP contribution in [0.25, 0.3) is 11.0 Å². The summed E-state index contributed by atoms with van der Waals surface area (Å²) in [5.74, 6) is -0.110. The van der Waals surface area contributed by atoms with Crippen LogP contribution in [0.3, 0.4) is 0 Å². The van der Waals surface area contributed by atoms with E-state index in [1.165, 1.54) is 10.4 Å². The van der Waals surface area contributed by atoms with Crippen LogP contribution in [0.2, 0.25) is 0 Å². The molecule has 0 saturated carbocycles. The number of carbonyl (C=O) groups is 1. The molecule has 1 aliphatic rings. The summed E-state index contributed by atoms with van der Waals surface area (Å²) in [5, 5.41) is 3.62. The molecule has 1 N–H and O–H groups in total. The van der Waals surface area contributed by atoms with E-state index in [9.17, 15) is 18.0 Å². The van der Waals surface area contributed by atoms with Gasteiger partial charge in [-0.2, -0.15) is 4.31 Å². The Morgan fingerprint density at radius 1 is 1.19 bits per heavy atom. The standard InChI is InChI=1S/C18H23N3O5S/c1-3-27(24,25)21-8-6-20(7-9-21)12-17(22)19-14-4-5-15-13(2)10-18(23)26-16(15)11-14/h4-5,10-11H,3,6-9,12H2,1-2H3,(H,19,22). The van der Waals surface area contributed by atoms with Gasteiger partial charge in [-0.05, 0) is 31.5 Å². The molecule has 3 rings (SSSR count). The smallest absolute Gasteiger partial charge is 0.336 e. The summed E-state index contributed by atoms with van der Waals surface area (Å²) in [6.45, 7) is 5.44. The average Bonchev–Trinajstić information content (AvgIpc) is 2.61. The molecule has 8 nitrogen and oxygen atoms in total. The van der Waals surface area contributed by atoms with Crippen molar-refractivity contribution in [3.8, 4) is 0 Å². The second-order valence-electron chi connectivity index (χ2n) is 6.58. The Morgan fingerprint density at radius 3 is 2.56 bits per heavy atom. The van der Waals surface area contributed by atoms with Gasteiger partial charge in [-0.1, -0.05) is 0 Å². The van der Waals surface area contributed by atoms with Gasteiger partial charge in [0, 0.05) is 49.4 Å². The lowest BCUT2D eigenvalue weighted by Crippen LogP contribution is -2.50. The lowest BCUT2D eigenvalue weighted by Gasteiger charge is -2.33. The van der Waals surface area contributed by atoms with Crippen molar-refractivity contribution in [1.29, 1.82) is 0 Å². The zero-order chi connectivity index (χ0) is 19.6. The Hall–Kier alpha value is -2.23. The van der Waals surface area contributed by atoms with Crippen molar-refractivity contribution >= 4 is 32.6 Å². The number of piperazine rings is 1. The molecule has 0 aliphatic carbocycles. The normalized spacial score (nSPS) is 16.5. The number of fused-ring (bicyclic) bond motifs is 1. The molecule has 1 aromatic heterocycles. The van der Waals surface area contributed by atoms with Gasteiger partial charge in [-0.15, -0.1) is 0 Å². The van der Waals surface area contributed by atoms with E-state index < -0.39 is 15.6 Å². The fourth-order valence-corrected chi connectivity index (χ4v) is 4.24. The second-order valence-corrected chi connectivity index (χ2v) is 8.84. The van der Waals surface area contributed by atoms with Crippen LogP contribution in [0.15, 0.2) is 33.5 Å². The molecule has 1 amide bonds.